The van der Waals surface area contributed by atoms with E-state index in [1.807, 2.05) is 24.3 Å². The predicted octanol–water partition coefficient (Wildman–Crippen LogP) is 4.94. The second kappa shape index (κ2) is 9.26. The first kappa shape index (κ1) is 21.0. The minimum absolute atomic E-state index is 0.165. The Morgan fingerprint density at radius 3 is 2.28 bits per heavy atom. The number of nitrogens with zero attached hydrogens (tertiary/aromatic N) is 1. The number of carbonyl (C=O) groups is 1. The van der Waals surface area contributed by atoms with Crippen LogP contribution in [0.15, 0.2) is 82.2 Å². The summed E-state index contributed by atoms with van der Waals surface area (Å²) in [6, 6.07) is 21.5. The van der Waals surface area contributed by atoms with Crippen LogP contribution >= 0.6 is 0 Å². The minimum atomic E-state index is -0.351. The summed E-state index contributed by atoms with van der Waals surface area (Å²) in [6.07, 6.45) is 0. The highest BCUT2D eigenvalue weighted by atomic mass is 16.5. The number of methoxy groups -OCH3 is 3. The second-order valence-electron chi connectivity index (χ2n) is 6.84. The molecule has 1 heterocycles. The SMILES string of the molecule is COc1ccc(NC(=O)c2cc3ccccc3oc2=Nc2ccc(OC)cc2OC)cc1. The van der Waals surface area contributed by atoms with Crippen LogP contribution in [0.3, 0.4) is 0 Å². The van der Waals surface area contributed by atoms with Crippen LogP contribution in [-0.4, -0.2) is 27.2 Å². The average Bonchev–Trinajstić information content (AvgIpc) is 2.84. The Labute approximate surface area is 184 Å². The van der Waals surface area contributed by atoms with Gasteiger partial charge in [0.2, 0.25) is 5.55 Å². The van der Waals surface area contributed by atoms with E-state index in [0.717, 1.165) is 5.39 Å². The third-order valence-electron chi connectivity index (χ3n) is 4.86. The number of rotatable bonds is 6. The van der Waals surface area contributed by atoms with Crippen LogP contribution in [-0.2, 0) is 0 Å². The van der Waals surface area contributed by atoms with Gasteiger partial charge in [0.1, 0.15) is 34.1 Å². The fraction of sp³-hybridized carbons (Fsp3) is 0.120. The summed E-state index contributed by atoms with van der Waals surface area (Å²) in [7, 11) is 4.71. The number of fused-ring (bicyclic) bond motifs is 1. The highest BCUT2D eigenvalue weighted by molar-refractivity contribution is 6.05. The third-order valence-corrected chi connectivity index (χ3v) is 4.86. The van der Waals surface area contributed by atoms with Gasteiger partial charge in [0.05, 0.1) is 21.3 Å². The molecule has 0 aliphatic carbocycles. The first-order chi connectivity index (χ1) is 15.6. The van der Waals surface area contributed by atoms with E-state index in [0.29, 0.717) is 34.2 Å². The lowest BCUT2D eigenvalue weighted by Crippen LogP contribution is -2.21. The summed E-state index contributed by atoms with van der Waals surface area (Å²) < 4.78 is 21.9. The van der Waals surface area contributed by atoms with Gasteiger partial charge in [-0.3, -0.25) is 4.79 Å². The maximum atomic E-state index is 13.2. The van der Waals surface area contributed by atoms with Crippen LogP contribution in [0.25, 0.3) is 11.0 Å². The number of hydrogen-bond donors (Lipinski definition) is 1. The third kappa shape index (κ3) is 4.41. The maximum Gasteiger partial charge on any atom is 0.261 e. The van der Waals surface area contributed by atoms with Crippen molar-refractivity contribution in [3.63, 3.8) is 0 Å². The summed E-state index contributed by atoms with van der Waals surface area (Å²) in [5, 5.41) is 3.67. The van der Waals surface area contributed by atoms with Crippen molar-refractivity contribution in [2.45, 2.75) is 0 Å². The molecule has 0 fully saturated rings. The molecule has 0 aliphatic heterocycles. The zero-order chi connectivity index (χ0) is 22.5. The number of para-hydroxylation sites is 1. The van der Waals surface area contributed by atoms with Crippen molar-refractivity contribution in [1.82, 2.24) is 0 Å². The lowest BCUT2D eigenvalue weighted by atomic mass is 10.1. The molecule has 4 rings (SSSR count). The molecular weight excluding hydrogens is 408 g/mol. The molecule has 162 valence electrons. The van der Waals surface area contributed by atoms with E-state index in [4.69, 9.17) is 18.6 Å². The molecule has 0 aliphatic rings. The largest absolute Gasteiger partial charge is 0.497 e. The molecule has 0 saturated carbocycles. The zero-order valence-corrected chi connectivity index (χ0v) is 17.9. The zero-order valence-electron chi connectivity index (χ0n) is 17.9. The first-order valence-electron chi connectivity index (χ1n) is 9.86. The molecule has 3 aromatic carbocycles. The molecule has 32 heavy (non-hydrogen) atoms. The molecule has 7 heteroatoms. The van der Waals surface area contributed by atoms with Gasteiger partial charge >= 0.3 is 0 Å². The standard InChI is InChI=1S/C25H22N2O5/c1-29-18-10-8-17(9-11-18)26-24(28)20-14-16-6-4-5-7-22(16)32-25(20)27-21-13-12-19(30-2)15-23(21)31-3/h4-15H,1-3H3,(H,26,28). The summed E-state index contributed by atoms with van der Waals surface area (Å²) in [5.41, 5.74) is 2.19. The van der Waals surface area contributed by atoms with E-state index >= 15 is 0 Å². The van der Waals surface area contributed by atoms with Gasteiger partial charge in [-0.2, -0.15) is 0 Å². The molecule has 1 aromatic heterocycles. The van der Waals surface area contributed by atoms with Crippen LogP contribution in [0, 0.1) is 0 Å². The summed E-state index contributed by atoms with van der Waals surface area (Å²) in [4.78, 5) is 17.8. The van der Waals surface area contributed by atoms with E-state index in [2.05, 4.69) is 10.3 Å². The van der Waals surface area contributed by atoms with E-state index < -0.39 is 0 Å². The van der Waals surface area contributed by atoms with Gasteiger partial charge in [-0.25, -0.2) is 4.99 Å². The highest BCUT2D eigenvalue weighted by Crippen LogP contribution is 2.31. The predicted molar refractivity (Wildman–Crippen MR) is 122 cm³/mol. The number of benzene rings is 3. The average molecular weight is 430 g/mol. The van der Waals surface area contributed by atoms with Crippen molar-refractivity contribution in [2.24, 2.45) is 4.99 Å². The van der Waals surface area contributed by atoms with Gasteiger partial charge in [0.25, 0.3) is 5.91 Å². The quantitative estimate of drug-likeness (QED) is 0.468. The van der Waals surface area contributed by atoms with Crippen molar-refractivity contribution in [2.75, 3.05) is 26.6 Å². The van der Waals surface area contributed by atoms with Crippen LogP contribution < -0.4 is 25.1 Å². The Morgan fingerprint density at radius 2 is 1.56 bits per heavy atom. The molecule has 4 aromatic rings. The van der Waals surface area contributed by atoms with Gasteiger partial charge in [-0.15, -0.1) is 0 Å². The number of amides is 1. The van der Waals surface area contributed by atoms with Crippen LogP contribution in [0.5, 0.6) is 17.2 Å². The minimum Gasteiger partial charge on any atom is -0.497 e. The lowest BCUT2D eigenvalue weighted by molar-refractivity contribution is 0.102. The number of hydrogen-bond acceptors (Lipinski definition) is 6. The molecule has 0 spiro atoms. The van der Waals surface area contributed by atoms with Crippen molar-refractivity contribution < 1.29 is 23.4 Å². The molecule has 0 unspecified atom stereocenters. The van der Waals surface area contributed by atoms with Crippen LogP contribution in [0.4, 0.5) is 11.4 Å². The molecule has 7 nitrogen and oxygen atoms in total. The molecule has 1 amide bonds. The van der Waals surface area contributed by atoms with Gasteiger partial charge < -0.3 is 23.9 Å². The lowest BCUT2D eigenvalue weighted by Gasteiger charge is -2.09. The normalized spacial score (nSPS) is 11.3. The van der Waals surface area contributed by atoms with Crippen molar-refractivity contribution in [3.8, 4) is 17.2 Å². The number of nitrogens with one attached hydrogen (secondary N) is 1. The summed E-state index contributed by atoms with van der Waals surface area (Å²) >= 11 is 0. The van der Waals surface area contributed by atoms with Crippen LogP contribution in [0.2, 0.25) is 0 Å². The van der Waals surface area contributed by atoms with Gasteiger partial charge in [-0.05, 0) is 48.5 Å². The Bertz CT molecular complexity index is 1330. The van der Waals surface area contributed by atoms with Crippen molar-refractivity contribution in [3.05, 3.63) is 83.9 Å². The summed E-state index contributed by atoms with van der Waals surface area (Å²) in [5.74, 6) is 1.48. The molecular formula is C25H22N2O5. The second-order valence-corrected chi connectivity index (χ2v) is 6.84. The van der Waals surface area contributed by atoms with E-state index in [9.17, 15) is 4.79 Å². The van der Waals surface area contributed by atoms with E-state index in [1.54, 1.807) is 69.9 Å². The molecule has 0 saturated heterocycles. The van der Waals surface area contributed by atoms with Gasteiger partial charge in [0.15, 0.2) is 0 Å². The molecule has 1 N–H and O–H groups in total. The molecule has 0 bridgehead atoms. The number of anilines is 1. The monoisotopic (exact) mass is 430 g/mol. The van der Waals surface area contributed by atoms with Gasteiger partial charge in [-0.1, -0.05) is 18.2 Å². The highest BCUT2D eigenvalue weighted by Gasteiger charge is 2.14. The van der Waals surface area contributed by atoms with Crippen LogP contribution in [0.1, 0.15) is 10.4 Å². The van der Waals surface area contributed by atoms with Crippen molar-refractivity contribution in [1.29, 1.82) is 0 Å². The maximum absolute atomic E-state index is 13.2. The Morgan fingerprint density at radius 1 is 0.844 bits per heavy atom. The molecule has 0 radical (unpaired) electrons. The Kier molecular flexibility index (Phi) is 6.07. The number of ether oxygens (including phenoxy) is 3. The molecule has 0 atom stereocenters. The Balaban J connectivity index is 1.82. The Hall–Kier alpha value is -4.26. The summed E-state index contributed by atoms with van der Waals surface area (Å²) in [6.45, 7) is 0. The van der Waals surface area contributed by atoms with Crippen molar-refractivity contribution >= 4 is 28.3 Å². The topological polar surface area (TPSA) is 82.3 Å². The fourth-order valence-electron chi connectivity index (χ4n) is 3.17. The smallest absolute Gasteiger partial charge is 0.261 e. The van der Waals surface area contributed by atoms with Gasteiger partial charge in [0, 0.05) is 17.1 Å². The first-order valence-corrected chi connectivity index (χ1v) is 9.86. The van der Waals surface area contributed by atoms with E-state index in [-0.39, 0.29) is 17.0 Å². The van der Waals surface area contributed by atoms with E-state index in [1.165, 1.54) is 0 Å². The fourth-order valence-corrected chi connectivity index (χ4v) is 3.17. The number of carbonyl (C=O) groups excluding carboxylic acids is 1.